The molecule has 0 aromatic rings. The molecular weight excluding hydrogens is 176 g/mol. The van der Waals surface area contributed by atoms with E-state index >= 15 is 0 Å². The number of ether oxygens (including phenoxy) is 3. The summed E-state index contributed by atoms with van der Waals surface area (Å²) in [6.07, 6.45) is 0. The highest BCUT2D eigenvalue weighted by molar-refractivity contribution is 5.37. The van der Waals surface area contributed by atoms with E-state index in [1.807, 2.05) is 0 Å². The molecule has 5 heteroatoms. The van der Waals surface area contributed by atoms with E-state index in [0.717, 1.165) is 0 Å². The summed E-state index contributed by atoms with van der Waals surface area (Å²) in [5.41, 5.74) is 0. The van der Waals surface area contributed by atoms with Crippen molar-refractivity contribution in [2.75, 3.05) is 26.4 Å². The lowest BCUT2D eigenvalue weighted by atomic mass is 10.6. The molecular formula is C8H10O5. The van der Waals surface area contributed by atoms with E-state index in [4.69, 9.17) is 4.74 Å². The Morgan fingerprint density at radius 1 is 0.923 bits per heavy atom. The molecule has 0 aromatic carbocycles. The minimum Gasteiger partial charge on any atom is -0.465 e. The number of hydrogen-bond donors (Lipinski definition) is 0. The van der Waals surface area contributed by atoms with E-state index in [0.29, 0.717) is 19.6 Å². The van der Waals surface area contributed by atoms with Gasteiger partial charge in [-0.25, -0.2) is 0 Å². The Labute approximate surface area is 76.0 Å². The number of carbonyl (C=O) groups is 2. The van der Waals surface area contributed by atoms with Crippen molar-refractivity contribution in [1.82, 2.24) is 0 Å². The van der Waals surface area contributed by atoms with Gasteiger partial charge >= 0.3 is 0 Å². The molecule has 0 saturated heterocycles. The Morgan fingerprint density at radius 2 is 1.62 bits per heavy atom. The smallest absolute Gasteiger partial charge is 0.294 e. The quantitative estimate of drug-likeness (QED) is 0.300. The molecule has 0 heterocycles. The Kier molecular flexibility index (Phi) is 9.22. The Bertz CT molecular complexity index is 190. The van der Waals surface area contributed by atoms with Crippen LogP contribution in [0, 0.1) is 11.8 Å². The van der Waals surface area contributed by atoms with Crippen molar-refractivity contribution in [3.8, 4) is 11.8 Å². The van der Waals surface area contributed by atoms with Crippen LogP contribution in [0.2, 0.25) is 0 Å². The Morgan fingerprint density at radius 3 is 2.31 bits per heavy atom. The molecule has 0 aromatic heterocycles. The van der Waals surface area contributed by atoms with Gasteiger partial charge in [-0.2, -0.15) is 0 Å². The minimum atomic E-state index is 0.0672. The maximum atomic E-state index is 9.66. The van der Waals surface area contributed by atoms with Gasteiger partial charge in [0, 0.05) is 0 Å². The summed E-state index contributed by atoms with van der Waals surface area (Å²) < 4.78 is 13.6. The van der Waals surface area contributed by atoms with Crippen LogP contribution in [0.25, 0.3) is 0 Å². The van der Waals surface area contributed by atoms with Crippen molar-refractivity contribution in [2.45, 2.75) is 0 Å². The zero-order chi connectivity index (χ0) is 9.78. The van der Waals surface area contributed by atoms with Crippen molar-refractivity contribution in [2.24, 2.45) is 0 Å². The third-order valence-electron chi connectivity index (χ3n) is 0.936. The summed E-state index contributed by atoms with van der Waals surface area (Å²) in [5, 5.41) is 0. The molecule has 0 fully saturated rings. The van der Waals surface area contributed by atoms with Crippen LogP contribution in [0.4, 0.5) is 0 Å². The predicted molar refractivity (Wildman–Crippen MR) is 42.6 cm³/mol. The molecule has 0 radical (unpaired) electrons. The first-order chi connectivity index (χ1) is 6.41. The van der Waals surface area contributed by atoms with Gasteiger partial charge in [0.2, 0.25) is 0 Å². The fraction of sp³-hybridized carbons (Fsp3) is 0.500. The van der Waals surface area contributed by atoms with Gasteiger partial charge in [-0.3, -0.25) is 9.59 Å². The van der Waals surface area contributed by atoms with E-state index in [1.54, 1.807) is 0 Å². The minimum absolute atomic E-state index is 0.0672. The lowest BCUT2D eigenvalue weighted by molar-refractivity contribution is -0.130. The van der Waals surface area contributed by atoms with Gasteiger partial charge in [-0.15, -0.1) is 0 Å². The largest absolute Gasteiger partial charge is 0.465 e. The van der Waals surface area contributed by atoms with Crippen LogP contribution in [0.15, 0.2) is 0 Å². The summed E-state index contributed by atoms with van der Waals surface area (Å²) in [6.45, 7) is 1.50. The summed E-state index contributed by atoms with van der Waals surface area (Å²) in [6, 6.07) is 0. The summed E-state index contributed by atoms with van der Waals surface area (Å²) in [5.74, 6) is 5.14. The predicted octanol–water partition coefficient (Wildman–Crippen LogP) is -0.648. The van der Waals surface area contributed by atoms with Gasteiger partial charge in [0.1, 0.15) is 13.2 Å². The molecule has 0 aliphatic rings. The third kappa shape index (κ3) is 10.5. The molecule has 0 saturated carbocycles. The monoisotopic (exact) mass is 186 g/mol. The molecule has 0 spiro atoms. The second-order valence-electron chi connectivity index (χ2n) is 1.78. The van der Waals surface area contributed by atoms with Crippen molar-refractivity contribution in [3.05, 3.63) is 0 Å². The van der Waals surface area contributed by atoms with Crippen LogP contribution in [0.5, 0.6) is 0 Å². The maximum absolute atomic E-state index is 9.66. The maximum Gasteiger partial charge on any atom is 0.294 e. The fourth-order valence-corrected chi connectivity index (χ4v) is 0.456. The normalized spacial score (nSPS) is 8.00. The summed E-state index contributed by atoms with van der Waals surface area (Å²) >= 11 is 0. The van der Waals surface area contributed by atoms with Crippen molar-refractivity contribution >= 4 is 12.9 Å². The van der Waals surface area contributed by atoms with Crippen molar-refractivity contribution in [3.63, 3.8) is 0 Å². The molecule has 0 atom stereocenters. The number of hydrogen-bond acceptors (Lipinski definition) is 5. The molecule has 0 aliphatic heterocycles. The number of rotatable bonds is 7. The van der Waals surface area contributed by atoms with Crippen molar-refractivity contribution < 1.29 is 23.8 Å². The van der Waals surface area contributed by atoms with E-state index in [1.165, 1.54) is 0 Å². The first-order valence-electron chi connectivity index (χ1n) is 3.55. The van der Waals surface area contributed by atoms with Crippen LogP contribution in [-0.4, -0.2) is 39.4 Å². The van der Waals surface area contributed by atoms with Crippen LogP contribution in [-0.2, 0) is 23.8 Å². The lowest BCUT2D eigenvalue weighted by Gasteiger charge is -1.96. The van der Waals surface area contributed by atoms with Gasteiger partial charge in [0.25, 0.3) is 12.9 Å². The first kappa shape index (κ1) is 11.5. The van der Waals surface area contributed by atoms with Gasteiger partial charge in [-0.05, 0) is 0 Å². The SMILES string of the molecule is O=COCC#CCOCCOC=O. The highest BCUT2D eigenvalue weighted by Crippen LogP contribution is 1.74. The van der Waals surface area contributed by atoms with Crippen molar-refractivity contribution in [1.29, 1.82) is 0 Å². The Hall–Kier alpha value is -1.54. The topological polar surface area (TPSA) is 61.8 Å². The standard InChI is InChI=1S/C8H10O5/c9-7-12-4-2-1-3-11-5-6-13-8-10/h7-8H,3-6H2. The zero-order valence-corrected chi connectivity index (χ0v) is 7.02. The van der Waals surface area contributed by atoms with Gasteiger partial charge in [0.15, 0.2) is 6.61 Å². The molecule has 0 amide bonds. The van der Waals surface area contributed by atoms with Gasteiger partial charge in [0.05, 0.1) is 6.61 Å². The van der Waals surface area contributed by atoms with E-state index in [-0.39, 0.29) is 19.8 Å². The molecule has 0 rings (SSSR count). The second-order valence-corrected chi connectivity index (χ2v) is 1.78. The van der Waals surface area contributed by atoms with E-state index < -0.39 is 0 Å². The van der Waals surface area contributed by atoms with Gasteiger partial charge < -0.3 is 14.2 Å². The third-order valence-corrected chi connectivity index (χ3v) is 0.936. The summed E-state index contributed by atoms with van der Waals surface area (Å²) in [7, 11) is 0. The molecule has 13 heavy (non-hydrogen) atoms. The highest BCUT2D eigenvalue weighted by Gasteiger charge is 1.83. The van der Waals surface area contributed by atoms with Gasteiger partial charge in [-0.1, -0.05) is 11.8 Å². The van der Waals surface area contributed by atoms with Crippen LogP contribution < -0.4 is 0 Å². The molecule has 0 unspecified atom stereocenters. The molecule has 0 bridgehead atoms. The highest BCUT2D eigenvalue weighted by atomic mass is 16.5. The zero-order valence-electron chi connectivity index (χ0n) is 7.02. The van der Waals surface area contributed by atoms with Crippen LogP contribution in [0.3, 0.4) is 0 Å². The van der Waals surface area contributed by atoms with E-state index in [2.05, 4.69) is 21.3 Å². The lowest BCUT2D eigenvalue weighted by Crippen LogP contribution is -2.03. The number of carbonyl (C=O) groups excluding carboxylic acids is 2. The molecule has 5 nitrogen and oxygen atoms in total. The first-order valence-corrected chi connectivity index (χ1v) is 3.55. The molecule has 0 aliphatic carbocycles. The fourth-order valence-electron chi connectivity index (χ4n) is 0.456. The summed E-state index contributed by atoms with van der Waals surface area (Å²) in [4.78, 5) is 19.3. The van der Waals surface area contributed by atoms with E-state index in [9.17, 15) is 9.59 Å². The van der Waals surface area contributed by atoms with Crippen LogP contribution >= 0.6 is 0 Å². The average Bonchev–Trinajstić information content (AvgIpc) is 2.16. The second kappa shape index (κ2) is 10.5. The molecule has 0 N–H and O–H groups in total. The average molecular weight is 186 g/mol. The van der Waals surface area contributed by atoms with Crippen LogP contribution in [0.1, 0.15) is 0 Å². The molecule has 72 valence electrons. The Balaban J connectivity index is 3.08.